The number of nitrogens with one attached hydrogen (secondary N) is 1. The third-order valence-corrected chi connectivity index (χ3v) is 3.00. The zero-order valence-corrected chi connectivity index (χ0v) is 10.2. The fourth-order valence-corrected chi connectivity index (χ4v) is 1.56. The highest BCUT2D eigenvalue weighted by Crippen LogP contribution is 2.20. The van der Waals surface area contributed by atoms with Crippen molar-refractivity contribution in [2.45, 2.75) is 19.4 Å². The number of hydrogen-bond donors (Lipinski definition) is 1. The molecule has 1 N–H and O–H groups in total. The quantitative estimate of drug-likeness (QED) is 0.842. The van der Waals surface area contributed by atoms with E-state index in [1.807, 2.05) is 38.1 Å². The molecule has 0 heterocycles. The van der Waals surface area contributed by atoms with E-state index in [4.69, 9.17) is 0 Å². The Labute approximate surface area is 92.8 Å². The van der Waals surface area contributed by atoms with Gasteiger partial charge in [0, 0.05) is 10.0 Å². The molecule has 0 unspecified atom stereocenters. The summed E-state index contributed by atoms with van der Waals surface area (Å²) in [7, 11) is 1.79. The second-order valence-corrected chi connectivity index (χ2v) is 4.54. The lowest BCUT2D eigenvalue weighted by Gasteiger charge is -2.22. The summed E-state index contributed by atoms with van der Waals surface area (Å²) in [4.78, 5) is 12.0. The van der Waals surface area contributed by atoms with E-state index in [1.54, 1.807) is 7.05 Å². The molecule has 0 aliphatic carbocycles. The molecule has 0 aromatic heterocycles. The standard InChI is InChI=1S/C11H14BrNO/c1-11(2,13-3)10(14)8-6-4-5-7-9(8)12/h4-7,13H,1-3H3. The average Bonchev–Trinajstić information content (AvgIpc) is 2.17. The molecule has 1 aromatic carbocycles. The number of halogens is 1. The summed E-state index contributed by atoms with van der Waals surface area (Å²) >= 11 is 3.37. The Hall–Kier alpha value is -0.670. The fraction of sp³-hybridized carbons (Fsp3) is 0.364. The van der Waals surface area contributed by atoms with Crippen LogP contribution in [0.1, 0.15) is 24.2 Å². The number of likely N-dealkylation sites (N-methyl/N-ethyl adjacent to an activating group) is 1. The van der Waals surface area contributed by atoms with Crippen LogP contribution in [0.15, 0.2) is 28.7 Å². The van der Waals surface area contributed by atoms with Gasteiger partial charge in [0.15, 0.2) is 5.78 Å². The number of benzene rings is 1. The van der Waals surface area contributed by atoms with E-state index in [2.05, 4.69) is 21.2 Å². The molecule has 0 fully saturated rings. The van der Waals surface area contributed by atoms with E-state index in [9.17, 15) is 4.79 Å². The van der Waals surface area contributed by atoms with Crippen molar-refractivity contribution < 1.29 is 4.79 Å². The summed E-state index contributed by atoms with van der Waals surface area (Å²) in [5, 5.41) is 3.00. The van der Waals surface area contributed by atoms with Gasteiger partial charge in [-0.1, -0.05) is 34.1 Å². The van der Waals surface area contributed by atoms with Crippen LogP contribution in [0.4, 0.5) is 0 Å². The number of Topliss-reactive ketones (excluding diaryl/α,β-unsaturated/α-hetero) is 1. The maximum atomic E-state index is 12.0. The van der Waals surface area contributed by atoms with Gasteiger partial charge in [-0.2, -0.15) is 0 Å². The Morgan fingerprint density at radius 1 is 1.36 bits per heavy atom. The minimum Gasteiger partial charge on any atom is -0.308 e. The van der Waals surface area contributed by atoms with E-state index in [0.29, 0.717) is 5.56 Å². The molecule has 0 radical (unpaired) electrons. The first kappa shape index (κ1) is 11.4. The molecule has 0 atom stereocenters. The van der Waals surface area contributed by atoms with Gasteiger partial charge < -0.3 is 5.32 Å². The summed E-state index contributed by atoms with van der Waals surface area (Å²) in [5.41, 5.74) is 0.191. The van der Waals surface area contributed by atoms with Crippen LogP contribution in [0.2, 0.25) is 0 Å². The first-order valence-corrected chi connectivity index (χ1v) is 5.26. The van der Waals surface area contributed by atoms with Crippen molar-refractivity contribution >= 4 is 21.7 Å². The van der Waals surface area contributed by atoms with Gasteiger partial charge in [-0.15, -0.1) is 0 Å². The third-order valence-electron chi connectivity index (χ3n) is 2.31. The van der Waals surface area contributed by atoms with Gasteiger partial charge in [-0.05, 0) is 27.0 Å². The smallest absolute Gasteiger partial charge is 0.183 e. The molecule has 14 heavy (non-hydrogen) atoms. The molecular formula is C11H14BrNO. The number of hydrogen-bond acceptors (Lipinski definition) is 2. The van der Waals surface area contributed by atoms with Crippen molar-refractivity contribution in [3.05, 3.63) is 34.3 Å². The molecule has 76 valence electrons. The normalized spacial score (nSPS) is 11.4. The minimum absolute atomic E-state index is 0.0903. The maximum Gasteiger partial charge on any atom is 0.183 e. The van der Waals surface area contributed by atoms with Crippen LogP contribution in [0, 0.1) is 0 Å². The van der Waals surface area contributed by atoms with Crippen molar-refractivity contribution in [2.24, 2.45) is 0 Å². The molecule has 3 heteroatoms. The van der Waals surface area contributed by atoms with E-state index in [-0.39, 0.29) is 5.78 Å². The van der Waals surface area contributed by atoms with Gasteiger partial charge >= 0.3 is 0 Å². The topological polar surface area (TPSA) is 29.1 Å². The number of ketones is 1. The molecule has 0 aliphatic rings. The van der Waals surface area contributed by atoms with Crippen LogP contribution in [-0.4, -0.2) is 18.4 Å². The Bertz CT molecular complexity index is 347. The van der Waals surface area contributed by atoms with Gasteiger partial charge in [-0.25, -0.2) is 0 Å². The van der Waals surface area contributed by atoms with E-state index in [1.165, 1.54) is 0 Å². The zero-order chi connectivity index (χ0) is 10.8. The lowest BCUT2D eigenvalue weighted by molar-refractivity contribution is 0.0889. The third kappa shape index (κ3) is 2.22. The van der Waals surface area contributed by atoms with Crippen molar-refractivity contribution in [3.8, 4) is 0 Å². The highest BCUT2D eigenvalue weighted by Gasteiger charge is 2.27. The van der Waals surface area contributed by atoms with Crippen molar-refractivity contribution in [2.75, 3.05) is 7.05 Å². The molecule has 0 saturated carbocycles. The van der Waals surface area contributed by atoms with Crippen LogP contribution in [0.5, 0.6) is 0 Å². The lowest BCUT2D eigenvalue weighted by atomic mass is 9.93. The fourth-order valence-electron chi connectivity index (χ4n) is 1.10. The Morgan fingerprint density at radius 3 is 2.43 bits per heavy atom. The number of carbonyl (C=O) groups excluding carboxylic acids is 1. The molecule has 1 rings (SSSR count). The van der Waals surface area contributed by atoms with Crippen molar-refractivity contribution in [3.63, 3.8) is 0 Å². The predicted octanol–water partition coefficient (Wildman–Crippen LogP) is 2.63. The van der Waals surface area contributed by atoms with Crippen LogP contribution in [0.25, 0.3) is 0 Å². The van der Waals surface area contributed by atoms with E-state index < -0.39 is 5.54 Å². The second-order valence-electron chi connectivity index (χ2n) is 3.68. The van der Waals surface area contributed by atoms with Gasteiger partial charge in [0.05, 0.1) is 5.54 Å². The minimum atomic E-state index is -0.524. The molecule has 0 saturated heterocycles. The predicted molar refractivity (Wildman–Crippen MR) is 61.6 cm³/mol. The summed E-state index contributed by atoms with van der Waals surface area (Å²) in [6.07, 6.45) is 0. The summed E-state index contributed by atoms with van der Waals surface area (Å²) < 4.78 is 0.841. The van der Waals surface area contributed by atoms with Crippen LogP contribution < -0.4 is 5.32 Å². The molecule has 0 amide bonds. The molecule has 0 spiro atoms. The summed E-state index contributed by atoms with van der Waals surface area (Å²) in [6.45, 7) is 3.74. The molecular weight excluding hydrogens is 242 g/mol. The van der Waals surface area contributed by atoms with Gasteiger partial charge in [-0.3, -0.25) is 4.79 Å². The summed E-state index contributed by atoms with van der Waals surface area (Å²) in [6, 6.07) is 7.46. The molecule has 0 bridgehead atoms. The maximum absolute atomic E-state index is 12.0. The van der Waals surface area contributed by atoms with Crippen LogP contribution in [0.3, 0.4) is 0 Å². The van der Waals surface area contributed by atoms with E-state index in [0.717, 1.165) is 4.47 Å². The highest BCUT2D eigenvalue weighted by molar-refractivity contribution is 9.10. The first-order chi connectivity index (χ1) is 6.49. The van der Waals surface area contributed by atoms with Crippen molar-refractivity contribution in [1.29, 1.82) is 0 Å². The zero-order valence-electron chi connectivity index (χ0n) is 8.60. The molecule has 2 nitrogen and oxygen atoms in total. The second kappa shape index (κ2) is 4.24. The van der Waals surface area contributed by atoms with Crippen molar-refractivity contribution in [1.82, 2.24) is 5.32 Å². The molecule has 0 aliphatic heterocycles. The molecule has 1 aromatic rings. The Balaban J connectivity index is 3.07. The Morgan fingerprint density at radius 2 is 1.93 bits per heavy atom. The average molecular weight is 256 g/mol. The monoisotopic (exact) mass is 255 g/mol. The van der Waals surface area contributed by atoms with Gasteiger partial charge in [0.1, 0.15) is 0 Å². The number of carbonyl (C=O) groups is 1. The van der Waals surface area contributed by atoms with Gasteiger partial charge in [0.2, 0.25) is 0 Å². The highest BCUT2D eigenvalue weighted by atomic mass is 79.9. The van der Waals surface area contributed by atoms with Crippen LogP contribution >= 0.6 is 15.9 Å². The van der Waals surface area contributed by atoms with Gasteiger partial charge in [0.25, 0.3) is 0 Å². The summed E-state index contributed by atoms with van der Waals surface area (Å²) in [5.74, 6) is 0.0903. The SMILES string of the molecule is CNC(C)(C)C(=O)c1ccccc1Br. The Kier molecular flexibility index (Phi) is 3.45. The largest absolute Gasteiger partial charge is 0.308 e. The first-order valence-electron chi connectivity index (χ1n) is 4.47. The van der Waals surface area contributed by atoms with Crippen LogP contribution in [-0.2, 0) is 0 Å². The number of rotatable bonds is 3. The lowest BCUT2D eigenvalue weighted by Crippen LogP contribution is -2.44. The van der Waals surface area contributed by atoms with E-state index >= 15 is 0 Å².